The first-order valence-corrected chi connectivity index (χ1v) is 8.94. The number of aromatic nitrogens is 2. The van der Waals surface area contributed by atoms with Crippen LogP contribution in [-0.2, 0) is 17.1 Å². The Morgan fingerprint density at radius 3 is 2.52 bits per heavy atom. The zero-order valence-corrected chi connectivity index (χ0v) is 13.2. The van der Waals surface area contributed by atoms with E-state index in [0.29, 0.717) is 11.3 Å². The van der Waals surface area contributed by atoms with Gasteiger partial charge in [-0.3, -0.25) is 9.52 Å². The quantitative estimate of drug-likeness (QED) is 0.646. The number of ketones is 1. The molecule has 0 bridgehead atoms. The van der Waals surface area contributed by atoms with Gasteiger partial charge in [0, 0.05) is 30.7 Å². The van der Waals surface area contributed by atoms with Crippen LogP contribution in [0.15, 0.2) is 41.8 Å². The van der Waals surface area contributed by atoms with Crippen LogP contribution in [0.1, 0.15) is 10.4 Å². The van der Waals surface area contributed by atoms with E-state index >= 15 is 0 Å². The predicted molar refractivity (Wildman–Crippen MR) is 83.2 cm³/mol. The number of nitrogens with one attached hydrogen (secondary N) is 1. The molecular formula is C13H15N3O3S2. The van der Waals surface area contributed by atoms with Crippen LogP contribution in [0.2, 0.25) is 0 Å². The molecule has 1 aromatic carbocycles. The summed E-state index contributed by atoms with van der Waals surface area (Å²) < 4.78 is 26.4. The largest absolute Gasteiger partial charge is 0.329 e. The number of thioether (sulfide) groups is 1. The molecule has 1 N–H and O–H groups in total. The highest BCUT2D eigenvalue weighted by Gasteiger charge is 2.09. The smallest absolute Gasteiger partial charge is 0.229 e. The van der Waals surface area contributed by atoms with Crippen molar-refractivity contribution in [3.8, 4) is 0 Å². The second-order valence-electron chi connectivity index (χ2n) is 4.48. The number of anilines is 1. The highest BCUT2D eigenvalue weighted by molar-refractivity contribution is 7.99. The van der Waals surface area contributed by atoms with E-state index in [2.05, 4.69) is 9.71 Å². The van der Waals surface area contributed by atoms with Gasteiger partial charge < -0.3 is 4.57 Å². The SMILES string of the molecule is Cn1ccnc1SCC(=O)c1ccc(NS(C)(=O)=O)cc1. The van der Waals surface area contributed by atoms with Crippen molar-refractivity contribution in [2.75, 3.05) is 16.7 Å². The summed E-state index contributed by atoms with van der Waals surface area (Å²) >= 11 is 1.36. The topological polar surface area (TPSA) is 81.1 Å². The number of benzene rings is 1. The molecule has 6 nitrogen and oxygen atoms in total. The minimum atomic E-state index is -3.30. The maximum absolute atomic E-state index is 12.1. The molecule has 2 aromatic rings. The Bertz CT molecular complexity index is 736. The molecule has 1 aromatic heterocycles. The molecule has 0 aliphatic heterocycles. The van der Waals surface area contributed by atoms with Crippen molar-refractivity contribution in [1.82, 2.24) is 9.55 Å². The lowest BCUT2D eigenvalue weighted by molar-refractivity contribution is 0.102. The van der Waals surface area contributed by atoms with Crippen LogP contribution in [0.5, 0.6) is 0 Å². The molecule has 0 radical (unpaired) electrons. The molecule has 8 heteroatoms. The van der Waals surface area contributed by atoms with Crippen LogP contribution in [-0.4, -0.2) is 35.8 Å². The van der Waals surface area contributed by atoms with E-state index in [1.165, 1.54) is 11.8 Å². The summed E-state index contributed by atoms with van der Waals surface area (Å²) in [5.41, 5.74) is 0.974. The van der Waals surface area contributed by atoms with Crippen molar-refractivity contribution in [2.45, 2.75) is 5.16 Å². The average Bonchev–Trinajstić information content (AvgIpc) is 2.80. The van der Waals surface area contributed by atoms with Gasteiger partial charge in [-0.05, 0) is 24.3 Å². The monoisotopic (exact) mass is 325 g/mol. The van der Waals surface area contributed by atoms with Crippen LogP contribution in [0, 0.1) is 0 Å². The third-order valence-electron chi connectivity index (χ3n) is 2.62. The van der Waals surface area contributed by atoms with Gasteiger partial charge in [0.05, 0.1) is 12.0 Å². The fraction of sp³-hybridized carbons (Fsp3) is 0.231. The van der Waals surface area contributed by atoms with Gasteiger partial charge in [-0.15, -0.1) is 0 Å². The molecular weight excluding hydrogens is 310 g/mol. The summed E-state index contributed by atoms with van der Waals surface area (Å²) in [5.74, 6) is 0.248. The number of hydrogen-bond donors (Lipinski definition) is 1. The van der Waals surface area contributed by atoms with Crippen LogP contribution < -0.4 is 4.72 Å². The van der Waals surface area contributed by atoms with E-state index in [-0.39, 0.29) is 11.5 Å². The fourth-order valence-electron chi connectivity index (χ4n) is 1.64. The van der Waals surface area contributed by atoms with E-state index in [4.69, 9.17) is 0 Å². The Kier molecular flexibility index (Phi) is 4.69. The summed E-state index contributed by atoms with van der Waals surface area (Å²) in [6, 6.07) is 6.35. The zero-order valence-electron chi connectivity index (χ0n) is 11.6. The van der Waals surface area contributed by atoms with Crippen molar-refractivity contribution in [3.63, 3.8) is 0 Å². The normalized spacial score (nSPS) is 11.3. The van der Waals surface area contributed by atoms with E-state index in [1.807, 2.05) is 17.8 Å². The summed E-state index contributed by atoms with van der Waals surface area (Å²) in [5, 5.41) is 0.777. The molecule has 2 rings (SSSR count). The van der Waals surface area contributed by atoms with Gasteiger partial charge in [-0.25, -0.2) is 13.4 Å². The fourth-order valence-corrected chi connectivity index (χ4v) is 3.03. The number of imidazole rings is 1. The van der Waals surface area contributed by atoms with E-state index in [0.717, 1.165) is 11.4 Å². The number of carbonyl (C=O) groups excluding carboxylic acids is 1. The molecule has 0 atom stereocenters. The minimum absolute atomic E-state index is 0.0334. The van der Waals surface area contributed by atoms with Crippen molar-refractivity contribution < 1.29 is 13.2 Å². The summed E-state index contributed by atoms with van der Waals surface area (Å²) in [6.07, 6.45) is 4.58. The Morgan fingerprint density at radius 1 is 1.33 bits per heavy atom. The van der Waals surface area contributed by atoms with E-state index in [1.54, 1.807) is 30.5 Å². The number of sulfonamides is 1. The number of aryl methyl sites for hydroxylation is 1. The van der Waals surface area contributed by atoms with Gasteiger partial charge in [0.2, 0.25) is 10.0 Å². The van der Waals surface area contributed by atoms with Crippen LogP contribution in [0.4, 0.5) is 5.69 Å². The highest BCUT2D eigenvalue weighted by Crippen LogP contribution is 2.17. The highest BCUT2D eigenvalue weighted by atomic mass is 32.2. The summed E-state index contributed by atoms with van der Waals surface area (Å²) in [7, 11) is -1.44. The number of hydrogen-bond acceptors (Lipinski definition) is 5. The third kappa shape index (κ3) is 4.61. The van der Waals surface area contributed by atoms with Crippen LogP contribution in [0.3, 0.4) is 0 Å². The van der Waals surface area contributed by atoms with Gasteiger partial charge in [0.25, 0.3) is 0 Å². The summed E-state index contributed by atoms with van der Waals surface area (Å²) in [4.78, 5) is 16.2. The standard InChI is InChI=1S/C13H15N3O3S2/c1-16-8-7-14-13(16)20-9-12(17)10-3-5-11(6-4-10)15-21(2,18)19/h3-8,15H,9H2,1-2H3. The first-order valence-electron chi connectivity index (χ1n) is 6.06. The molecule has 0 aliphatic rings. The number of nitrogens with zero attached hydrogens (tertiary/aromatic N) is 2. The lowest BCUT2D eigenvalue weighted by atomic mass is 10.1. The second kappa shape index (κ2) is 6.31. The number of carbonyl (C=O) groups is 1. The Labute approximate surface area is 127 Å². The van der Waals surface area contributed by atoms with Gasteiger partial charge in [-0.1, -0.05) is 11.8 Å². The molecule has 0 aliphatic carbocycles. The van der Waals surface area contributed by atoms with E-state index in [9.17, 15) is 13.2 Å². The first kappa shape index (κ1) is 15.6. The van der Waals surface area contributed by atoms with Crippen molar-refractivity contribution in [2.24, 2.45) is 7.05 Å². The van der Waals surface area contributed by atoms with E-state index < -0.39 is 10.0 Å². The molecule has 112 valence electrons. The number of Topliss-reactive ketones (excluding diaryl/α,β-unsaturated/α-hetero) is 1. The maximum atomic E-state index is 12.1. The lowest BCUT2D eigenvalue weighted by Crippen LogP contribution is -2.10. The second-order valence-corrected chi connectivity index (χ2v) is 7.18. The molecule has 21 heavy (non-hydrogen) atoms. The van der Waals surface area contributed by atoms with Gasteiger partial charge >= 0.3 is 0 Å². The average molecular weight is 325 g/mol. The molecule has 0 spiro atoms. The lowest BCUT2D eigenvalue weighted by Gasteiger charge is -2.05. The zero-order chi connectivity index (χ0) is 15.5. The van der Waals surface area contributed by atoms with Crippen LogP contribution in [0.25, 0.3) is 0 Å². The molecule has 0 fully saturated rings. The molecule has 0 amide bonds. The van der Waals surface area contributed by atoms with Gasteiger partial charge in [0.15, 0.2) is 10.9 Å². The van der Waals surface area contributed by atoms with Crippen LogP contribution >= 0.6 is 11.8 Å². The van der Waals surface area contributed by atoms with Crippen molar-refractivity contribution in [1.29, 1.82) is 0 Å². The predicted octanol–water partition coefficient (Wildman–Crippen LogP) is 1.77. The van der Waals surface area contributed by atoms with Gasteiger partial charge in [-0.2, -0.15) is 0 Å². The molecule has 1 heterocycles. The number of rotatable bonds is 6. The Morgan fingerprint density at radius 2 is 2.00 bits per heavy atom. The first-order chi connectivity index (χ1) is 9.85. The van der Waals surface area contributed by atoms with Crippen molar-refractivity contribution in [3.05, 3.63) is 42.2 Å². The molecule has 0 saturated heterocycles. The molecule has 0 unspecified atom stereocenters. The third-order valence-corrected chi connectivity index (χ3v) is 4.28. The summed E-state index contributed by atoms with van der Waals surface area (Å²) in [6.45, 7) is 0. The minimum Gasteiger partial charge on any atom is -0.329 e. The Balaban J connectivity index is 1.98. The van der Waals surface area contributed by atoms with Gasteiger partial charge in [0.1, 0.15) is 0 Å². The Hall–Kier alpha value is -1.80. The van der Waals surface area contributed by atoms with Crippen molar-refractivity contribution >= 4 is 33.3 Å². The molecule has 0 saturated carbocycles. The maximum Gasteiger partial charge on any atom is 0.229 e.